The van der Waals surface area contributed by atoms with Gasteiger partial charge in [0, 0.05) is 21.9 Å². The Kier molecular flexibility index (Phi) is 5.79. The highest BCUT2D eigenvalue weighted by molar-refractivity contribution is 8.00. The van der Waals surface area contributed by atoms with Crippen LogP contribution in [0.25, 0.3) is 0 Å². The number of thioether (sulfide) groups is 1. The van der Waals surface area contributed by atoms with Gasteiger partial charge in [0.25, 0.3) is 0 Å². The second kappa shape index (κ2) is 6.64. The molecule has 0 spiro atoms. The predicted molar refractivity (Wildman–Crippen MR) is 74.6 cm³/mol. The quantitative estimate of drug-likeness (QED) is 0.815. The molecule has 0 amide bonds. The van der Waals surface area contributed by atoms with Crippen LogP contribution < -0.4 is 5.73 Å². The molecule has 0 saturated heterocycles. The standard InChI is InChI=1S/C11H16ClNO2S2/c1-17(14,15)7-6-16-11-3-2-10(12)8-9(11)4-5-13/h2-3,8H,4-7,13H2,1H3. The summed E-state index contributed by atoms with van der Waals surface area (Å²) in [6, 6.07) is 5.61. The summed E-state index contributed by atoms with van der Waals surface area (Å²) in [5.74, 6) is 0.737. The molecule has 0 aliphatic carbocycles. The van der Waals surface area contributed by atoms with Crippen molar-refractivity contribution in [1.29, 1.82) is 0 Å². The first-order valence-corrected chi connectivity index (χ1v) is 8.64. The number of hydrogen-bond donors (Lipinski definition) is 1. The van der Waals surface area contributed by atoms with E-state index in [1.165, 1.54) is 18.0 Å². The van der Waals surface area contributed by atoms with E-state index in [1.54, 1.807) is 0 Å². The van der Waals surface area contributed by atoms with Gasteiger partial charge in [0.2, 0.25) is 0 Å². The third kappa shape index (κ3) is 5.77. The summed E-state index contributed by atoms with van der Waals surface area (Å²) in [5, 5.41) is 0.681. The maximum atomic E-state index is 11.0. The molecule has 0 radical (unpaired) electrons. The SMILES string of the molecule is CS(=O)(=O)CCSc1ccc(Cl)cc1CCN. The Labute approximate surface area is 112 Å². The zero-order chi connectivity index (χ0) is 12.9. The molecule has 3 nitrogen and oxygen atoms in total. The van der Waals surface area contributed by atoms with E-state index in [9.17, 15) is 8.42 Å². The van der Waals surface area contributed by atoms with Gasteiger partial charge in [-0.1, -0.05) is 11.6 Å². The van der Waals surface area contributed by atoms with Crippen molar-refractivity contribution in [1.82, 2.24) is 0 Å². The van der Waals surface area contributed by atoms with E-state index in [-0.39, 0.29) is 5.75 Å². The van der Waals surface area contributed by atoms with Crippen molar-refractivity contribution in [3.05, 3.63) is 28.8 Å². The van der Waals surface area contributed by atoms with Crippen LogP contribution in [-0.4, -0.2) is 32.7 Å². The van der Waals surface area contributed by atoms with Gasteiger partial charge in [-0.25, -0.2) is 8.42 Å². The van der Waals surface area contributed by atoms with Crippen LogP contribution in [-0.2, 0) is 16.3 Å². The molecule has 2 N–H and O–H groups in total. The van der Waals surface area contributed by atoms with Crippen molar-refractivity contribution < 1.29 is 8.42 Å². The summed E-state index contributed by atoms with van der Waals surface area (Å²) in [5.41, 5.74) is 6.61. The van der Waals surface area contributed by atoms with E-state index in [1.807, 2.05) is 18.2 Å². The third-order valence-electron chi connectivity index (χ3n) is 2.15. The number of hydrogen-bond acceptors (Lipinski definition) is 4. The Morgan fingerprint density at radius 3 is 2.71 bits per heavy atom. The van der Waals surface area contributed by atoms with Gasteiger partial charge in [-0.05, 0) is 36.7 Å². The van der Waals surface area contributed by atoms with E-state index < -0.39 is 9.84 Å². The summed E-state index contributed by atoms with van der Waals surface area (Å²) in [4.78, 5) is 1.06. The van der Waals surface area contributed by atoms with Crippen LogP contribution in [0.3, 0.4) is 0 Å². The average molecular weight is 294 g/mol. The van der Waals surface area contributed by atoms with Crippen molar-refractivity contribution in [2.75, 3.05) is 24.3 Å². The molecule has 0 heterocycles. The largest absolute Gasteiger partial charge is 0.330 e. The first kappa shape index (κ1) is 14.8. The average Bonchev–Trinajstić information content (AvgIpc) is 2.20. The lowest BCUT2D eigenvalue weighted by Gasteiger charge is -2.08. The van der Waals surface area contributed by atoms with Crippen LogP contribution in [0, 0.1) is 0 Å². The molecule has 0 aliphatic heterocycles. The smallest absolute Gasteiger partial charge is 0.148 e. The molecule has 0 unspecified atom stereocenters. The Bertz CT molecular complexity index is 474. The molecule has 0 aromatic heterocycles. The normalized spacial score (nSPS) is 11.7. The minimum absolute atomic E-state index is 0.183. The molecule has 6 heteroatoms. The van der Waals surface area contributed by atoms with Gasteiger partial charge in [-0.3, -0.25) is 0 Å². The molecule has 0 fully saturated rings. The first-order chi connectivity index (χ1) is 7.92. The number of sulfone groups is 1. The van der Waals surface area contributed by atoms with Gasteiger partial charge in [-0.15, -0.1) is 11.8 Å². The first-order valence-electron chi connectivity index (χ1n) is 5.21. The van der Waals surface area contributed by atoms with Gasteiger partial charge in [0.15, 0.2) is 0 Å². The van der Waals surface area contributed by atoms with Crippen LogP contribution in [0.2, 0.25) is 5.02 Å². The Morgan fingerprint density at radius 2 is 2.12 bits per heavy atom. The van der Waals surface area contributed by atoms with Crippen molar-refractivity contribution in [3.8, 4) is 0 Å². The third-order valence-corrected chi connectivity index (χ3v) is 4.70. The van der Waals surface area contributed by atoms with Gasteiger partial charge in [0.1, 0.15) is 9.84 Å². The zero-order valence-corrected chi connectivity index (χ0v) is 12.0. The molecular formula is C11H16ClNO2S2. The van der Waals surface area contributed by atoms with Gasteiger partial charge in [-0.2, -0.15) is 0 Å². The summed E-state index contributed by atoms with van der Waals surface area (Å²) >= 11 is 7.44. The Hall–Kier alpha value is -0.230. The molecule has 1 rings (SSSR count). The molecule has 96 valence electrons. The maximum Gasteiger partial charge on any atom is 0.148 e. The Morgan fingerprint density at radius 1 is 1.41 bits per heavy atom. The summed E-state index contributed by atoms with van der Waals surface area (Å²) in [6.45, 7) is 0.556. The minimum atomic E-state index is -2.90. The van der Waals surface area contributed by atoms with Crippen molar-refractivity contribution in [2.45, 2.75) is 11.3 Å². The molecular weight excluding hydrogens is 278 g/mol. The summed E-state index contributed by atoms with van der Waals surface area (Å²) in [7, 11) is -2.90. The highest BCUT2D eigenvalue weighted by atomic mass is 35.5. The predicted octanol–water partition coefficient (Wildman–Crippen LogP) is 1.98. The molecule has 0 atom stereocenters. The van der Waals surface area contributed by atoms with Gasteiger partial charge < -0.3 is 5.73 Å². The fourth-order valence-corrected chi connectivity index (χ4v) is 3.81. The molecule has 1 aromatic rings. The van der Waals surface area contributed by atoms with E-state index in [0.717, 1.165) is 16.9 Å². The molecule has 0 aliphatic rings. The van der Waals surface area contributed by atoms with Gasteiger partial charge >= 0.3 is 0 Å². The fourth-order valence-electron chi connectivity index (χ4n) is 1.34. The second-order valence-electron chi connectivity index (χ2n) is 3.77. The highest BCUT2D eigenvalue weighted by Gasteiger charge is 2.06. The Balaban J connectivity index is 2.69. The lowest BCUT2D eigenvalue weighted by Crippen LogP contribution is -2.06. The molecule has 0 saturated carbocycles. The highest BCUT2D eigenvalue weighted by Crippen LogP contribution is 2.26. The summed E-state index contributed by atoms with van der Waals surface area (Å²) in [6.07, 6.45) is 2.00. The fraction of sp³-hybridized carbons (Fsp3) is 0.455. The summed E-state index contributed by atoms with van der Waals surface area (Å²) < 4.78 is 22.1. The number of nitrogens with two attached hydrogens (primary N) is 1. The lowest BCUT2D eigenvalue weighted by molar-refractivity contribution is 0.603. The zero-order valence-electron chi connectivity index (χ0n) is 9.65. The van der Waals surface area contributed by atoms with E-state index in [0.29, 0.717) is 17.3 Å². The van der Waals surface area contributed by atoms with Crippen molar-refractivity contribution in [3.63, 3.8) is 0 Å². The molecule has 0 bridgehead atoms. The van der Waals surface area contributed by atoms with Crippen molar-refractivity contribution in [2.24, 2.45) is 5.73 Å². The lowest BCUT2D eigenvalue weighted by atomic mass is 10.1. The maximum absolute atomic E-state index is 11.0. The number of halogens is 1. The van der Waals surface area contributed by atoms with Crippen LogP contribution in [0.15, 0.2) is 23.1 Å². The van der Waals surface area contributed by atoms with E-state index in [2.05, 4.69) is 0 Å². The number of rotatable bonds is 6. The van der Waals surface area contributed by atoms with Crippen LogP contribution in [0.5, 0.6) is 0 Å². The van der Waals surface area contributed by atoms with E-state index >= 15 is 0 Å². The monoisotopic (exact) mass is 293 g/mol. The topological polar surface area (TPSA) is 60.2 Å². The number of benzene rings is 1. The molecule has 17 heavy (non-hydrogen) atoms. The molecule has 1 aromatic carbocycles. The minimum Gasteiger partial charge on any atom is -0.330 e. The second-order valence-corrected chi connectivity index (χ2v) is 7.60. The van der Waals surface area contributed by atoms with Gasteiger partial charge in [0.05, 0.1) is 5.75 Å². The van der Waals surface area contributed by atoms with Crippen LogP contribution in [0.4, 0.5) is 0 Å². The van der Waals surface area contributed by atoms with Crippen LogP contribution >= 0.6 is 23.4 Å². The van der Waals surface area contributed by atoms with Crippen LogP contribution in [0.1, 0.15) is 5.56 Å². The van der Waals surface area contributed by atoms with Crippen molar-refractivity contribution >= 4 is 33.2 Å². The van der Waals surface area contributed by atoms with E-state index in [4.69, 9.17) is 17.3 Å².